The van der Waals surface area contributed by atoms with E-state index in [-0.39, 0.29) is 54.4 Å². The van der Waals surface area contributed by atoms with Crippen LogP contribution in [0, 0.1) is 29.6 Å². The SMILES string of the molecule is C=CC(=O)N1C[C@H](C)N(C2NC(=O)N3C4NC(C(F)CC42)C2C(F)CCCC2CN(C)CCCC2CCNC(C(C)C)C23)C[C@H]1C. The summed E-state index contributed by atoms with van der Waals surface area (Å²) in [5.41, 5.74) is 0. The zero-order valence-electron chi connectivity index (χ0n) is 28.7. The van der Waals surface area contributed by atoms with Gasteiger partial charge in [0.2, 0.25) is 5.91 Å². The highest BCUT2D eigenvalue weighted by atomic mass is 19.1. The van der Waals surface area contributed by atoms with E-state index in [2.05, 4.69) is 65.0 Å². The number of hydrogen-bond acceptors (Lipinski definition) is 6. The van der Waals surface area contributed by atoms with Gasteiger partial charge in [-0.2, -0.15) is 0 Å². The first-order chi connectivity index (χ1) is 22.0. The maximum absolute atomic E-state index is 16.8. The summed E-state index contributed by atoms with van der Waals surface area (Å²) in [6.07, 6.45) is 3.80. The van der Waals surface area contributed by atoms with Crippen LogP contribution in [0.1, 0.15) is 72.6 Å². The second-order valence-electron chi connectivity index (χ2n) is 15.9. The number of fused-ring (bicyclic) bond motifs is 5. The van der Waals surface area contributed by atoms with Gasteiger partial charge in [-0.1, -0.05) is 26.8 Å². The third kappa shape index (κ3) is 6.34. The summed E-state index contributed by atoms with van der Waals surface area (Å²) in [5, 5.41) is 10.9. The number of carbonyl (C=O) groups excluding carboxylic acids is 2. The van der Waals surface area contributed by atoms with Crippen LogP contribution in [0.5, 0.6) is 0 Å². The number of rotatable bonds is 3. The van der Waals surface area contributed by atoms with Crippen LogP contribution in [0.2, 0.25) is 0 Å². The maximum Gasteiger partial charge on any atom is 0.320 e. The molecule has 0 radical (unpaired) electrons. The van der Waals surface area contributed by atoms with Crippen LogP contribution in [0.3, 0.4) is 0 Å². The molecule has 6 rings (SSSR count). The molecule has 3 amide bonds. The smallest absolute Gasteiger partial charge is 0.320 e. The molecule has 260 valence electrons. The highest BCUT2D eigenvalue weighted by molar-refractivity contribution is 5.87. The summed E-state index contributed by atoms with van der Waals surface area (Å²) >= 11 is 0. The molecule has 5 heterocycles. The van der Waals surface area contributed by atoms with Gasteiger partial charge < -0.3 is 25.3 Å². The third-order valence-corrected chi connectivity index (χ3v) is 12.6. The van der Waals surface area contributed by atoms with Crippen molar-refractivity contribution in [3.05, 3.63) is 12.7 Å². The lowest BCUT2D eigenvalue weighted by atomic mass is 9.69. The molecule has 1 aliphatic carbocycles. The fourth-order valence-corrected chi connectivity index (χ4v) is 10.4. The van der Waals surface area contributed by atoms with Gasteiger partial charge in [-0.3, -0.25) is 15.0 Å². The maximum atomic E-state index is 16.8. The molecule has 5 aliphatic heterocycles. The Morgan fingerprint density at radius 2 is 1.74 bits per heavy atom. The van der Waals surface area contributed by atoms with Crippen LogP contribution >= 0.6 is 0 Å². The number of urea groups is 1. The highest BCUT2D eigenvalue weighted by Gasteiger charge is 2.57. The summed E-state index contributed by atoms with van der Waals surface area (Å²) in [4.78, 5) is 35.8. The molecule has 0 aromatic rings. The van der Waals surface area contributed by atoms with Crippen molar-refractivity contribution in [3.63, 3.8) is 0 Å². The van der Waals surface area contributed by atoms with E-state index in [0.717, 1.165) is 51.7 Å². The Labute approximate surface area is 275 Å². The van der Waals surface area contributed by atoms with E-state index in [1.54, 1.807) is 0 Å². The summed E-state index contributed by atoms with van der Waals surface area (Å²) in [6, 6.07) is -0.825. The summed E-state index contributed by atoms with van der Waals surface area (Å²) in [6.45, 7) is 15.9. The van der Waals surface area contributed by atoms with Crippen LogP contribution in [0.25, 0.3) is 0 Å². The van der Waals surface area contributed by atoms with Crippen LogP contribution < -0.4 is 16.0 Å². The molecule has 3 N–H and O–H groups in total. The van der Waals surface area contributed by atoms with Crippen molar-refractivity contribution in [2.75, 3.05) is 39.8 Å². The zero-order valence-corrected chi connectivity index (χ0v) is 28.7. The molecule has 46 heavy (non-hydrogen) atoms. The second kappa shape index (κ2) is 14.0. The zero-order chi connectivity index (χ0) is 32.9. The van der Waals surface area contributed by atoms with Gasteiger partial charge in [-0.05, 0) is 96.3 Å². The Morgan fingerprint density at radius 3 is 2.48 bits per heavy atom. The molecule has 11 heteroatoms. The molecule has 0 aromatic carbocycles. The van der Waals surface area contributed by atoms with Gasteiger partial charge in [-0.15, -0.1) is 0 Å². The standard InChI is InChI=1S/C35H59F2N7O2/c1-7-28(45)42-17-22(5)43(18-21(42)4)33-25-16-27(37)31-29-24(10-8-12-26(29)36)19-41(6)15-9-11-23-13-14-38-30(20(2)3)32(23)44(34(25)39-31)35(46)40-33/h7,20-27,29-34,38-39H,1,8-19H2,2-6H3,(H,40,46)/t21-,22+,23?,24?,25?,26?,27?,29?,30?,31?,32?,33?,34?/m1/s1. The van der Waals surface area contributed by atoms with Gasteiger partial charge in [-0.25, -0.2) is 13.6 Å². The molecule has 6 aliphatic rings. The Hall–Kier alpha value is -1.82. The van der Waals surface area contributed by atoms with Crippen molar-refractivity contribution < 1.29 is 18.4 Å². The van der Waals surface area contributed by atoms with Crippen molar-refractivity contribution in [3.8, 4) is 0 Å². The summed E-state index contributed by atoms with van der Waals surface area (Å²) < 4.78 is 32.8. The van der Waals surface area contributed by atoms with Gasteiger partial charge in [0.25, 0.3) is 0 Å². The summed E-state index contributed by atoms with van der Waals surface area (Å²) in [7, 11) is 2.14. The molecule has 6 fully saturated rings. The van der Waals surface area contributed by atoms with E-state index in [9.17, 15) is 9.59 Å². The van der Waals surface area contributed by atoms with Crippen molar-refractivity contribution in [2.45, 2.75) is 128 Å². The molecule has 9 nitrogen and oxygen atoms in total. The second-order valence-corrected chi connectivity index (χ2v) is 15.9. The minimum atomic E-state index is -1.22. The van der Waals surface area contributed by atoms with Crippen molar-refractivity contribution in [1.29, 1.82) is 0 Å². The van der Waals surface area contributed by atoms with E-state index < -0.39 is 36.6 Å². The van der Waals surface area contributed by atoms with Gasteiger partial charge in [0.05, 0.1) is 18.4 Å². The van der Waals surface area contributed by atoms with Crippen LogP contribution in [0.15, 0.2) is 12.7 Å². The molecular weight excluding hydrogens is 588 g/mol. The highest BCUT2D eigenvalue weighted by Crippen LogP contribution is 2.44. The first-order valence-electron chi connectivity index (χ1n) is 18.2. The Kier molecular flexibility index (Phi) is 10.3. The van der Waals surface area contributed by atoms with Crippen LogP contribution in [-0.2, 0) is 4.79 Å². The number of piperazine rings is 1. The van der Waals surface area contributed by atoms with Crippen molar-refractivity contribution in [1.82, 2.24) is 35.6 Å². The fourth-order valence-electron chi connectivity index (χ4n) is 10.4. The molecule has 2 bridgehead atoms. The molecular formula is C35H59F2N7O2. The number of piperidine rings is 2. The lowest BCUT2D eigenvalue weighted by Crippen LogP contribution is -2.80. The fraction of sp³-hybridized carbons (Fsp3) is 0.886. The van der Waals surface area contributed by atoms with Gasteiger partial charge in [0, 0.05) is 55.6 Å². The minimum Gasteiger partial charge on any atom is -0.334 e. The predicted molar refractivity (Wildman–Crippen MR) is 176 cm³/mol. The van der Waals surface area contributed by atoms with Crippen LogP contribution in [-0.4, -0.2) is 126 Å². The van der Waals surface area contributed by atoms with E-state index in [4.69, 9.17) is 0 Å². The van der Waals surface area contributed by atoms with E-state index in [1.807, 2.05) is 11.8 Å². The van der Waals surface area contributed by atoms with Crippen molar-refractivity contribution in [2.24, 2.45) is 29.6 Å². The topological polar surface area (TPSA) is 83.2 Å². The first-order valence-corrected chi connectivity index (χ1v) is 18.2. The molecule has 0 aromatic heterocycles. The predicted octanol–water partition coefficient (Wildman–Crippen LogP) is 3.57. The first kappa shape index (κ1) is 34.1. The van der Waals surface area contributed by atoms with Crippen molar-refractivity contribution >= 4 is 11.9 Å². The number of halogens is 2. The Bertz CT molecular complexity index is 1110. The Balaban J connectivity index is 1.40. The van der Waals surface area contributed by atoms with Crippen LogP contribution in [0.4, 0.5) is 13.6 Å². The van der Waals surface area contributed by atoms with Gasteiger partial charge >= 0.3 is 6.03 Å². The van der Waals surface area contributed by atoms with Gasteiger partial charge in [0.1, 0.15) is 12.3 Å². The monoisotopic (exact) mass is 647 g/mol. The Morgan fingerprint density at radius 1 is 0.978 bits per heavy atom. The van der Waals surface area contributed by atoms with Gasteiger partial charge in [0.15, 0.2) is 0 Å². The average molecular weight is 648 g/mol. The largest absolute Gasteiger partial charge is 0.334 e. The molecule has 5 saturated heterocycles. The number of amides is 3. The lowest BCUT2D eigenvalue weighted by molar-refractivity contribution is -0.136. The third-order valence-electron chi connectivity index (χ3n) is 12.6. The van der Waals surface area contributed by atoms with E-state index in [1.165, 1.54) is 6.08 Å². The normalized spacial score (nSPS) is 44.6. The number of nitrogens with one attached hydrogen (secondary N) is 3. The molecule has 0 spiro atoms. The van der Waals surface area contributed by atoms with E-state index in [0.29, 0.717) is 31.3 Å². The number of nitrogens with zero attached hydrogens (tertiary/aromatic N) is 4. The van der Waals surface area contributed by atoms with E-state index >= 15 is 8.78 Å². The molecule has 11 unspecified atom stereocenters. The number of alkyl halides is 2. The number of hydrogen-bond donors (Lipinski definition) is 3. The summed E-state index contributed by atoms with van der Waals surface area (Å²) in [5.74, 6) is -0.0546. The number of carbonyl (C=O) groups is 2. The molecule has 13 atom stereocenters. The quantitative estimate of drug-likeness (QED) is 0.407. The molecule has 1 saturated carbocycles. The lowest BCUT2D eigenvalue weighted by Gasteiger charge is -2.60. The average Bonchev–Trinajstić information content (AvgIpc) is 3.02. The minimum absolute atomic E-state index is 0.0384.